The van der Waals surface area contributed by atoms with Gasteiger partial charge in [-0.3, -0.25) is 19.8 Å². The second-order valence-electron chi connectivity index (χ2n) is 6.36. The van der Waals surface area contributed by atoms with Gasteiger partial charge >= 0.3 is 0 Å². The van der Waals surface area contributed by atoms with E-state index >= 15 is 0 Å². The molecule has 6 nitrogen and oxygen atoms in total. The molecule has 2 heterocycles. The summed E-state index contributed by atoms with van der Waals surface area (Å²) < 4.78 is 10.7. The number of fused-ring (bicyclic) bond motifs is 1. The zero-order valence-corrected chi connectivity index (χ0v) is 15.6. The molecule has 4 rings (SSSR count). The van der Waals surface area contributed by atoms with Crippen LogP contribution < -0.4 is 19.7 Å². The average molecular weight is 380 g/mol. The number of anilines is 1. The molecule has 1 saturated heterocycles. The maximum absolute atomic E-state index is 13.0. The Labute approximate surface area is 161 Å². The van der Waals surface area contributed by atoms with Crippen LogP contribution in [0.4, 0.5) is 5.69 Å². The van der Waals surface area contributed by atoms with E-state index in [0.29, 0.717) is 22.7 Å². The highest BCUT2D eigenvalue weighted by atomic mass is 32.1. The molecule has 0 spiro atoms. The first-order valence-electron chi connectivity index (χ1n) is 8.32. The van der Waals surface area contributed by atoms with E-state index in [0.717, 1.165) is 11.1 Å². The largest absolute Gasteiger partial charge is 0.454 e. The fourth-order valence-electron chi connectivity index (χ4n) is 2.96. The van der Waals surface area contributed by atoms with Gasteiger partial charge in [-0.05, 0) is 67.5 Å². The molecule has 0 aliphatic carbocycles. The fraction of sp³-hybridized carbons (Fsp3) is 0.150. The second kappa shape index (κ2) is 6.51. The molecule has 1 N–H and O–H groups in total. The number of carbonyl (C=O) groups is 2. The molecule has 2 aromatic carbocycles. The molecule has 0 saturated carbocycles. The summed E-state index contributed by atoms with van der Waals surface area (Å²) in [6.45, 7) is 3.99. The highest BCUT2D eigenvalue weighted by Crippen LogP contribution is 2.35. The van der Waals surface area contributed by atoms with Crippen molar-refractivity contribution in [1.29, 1.82) is 0 Å². The number of hydrogen-bond donors (Lipinski definition) is 1. The van der Waals surface area contributed by atoms with Crippen LogP contribution in [0.2, 0.25) is 0 Å². The molecule has 7 heteroatoms. The topological polar surface area (TPSA) is 67.9 Å². The van der Waals surface area contributed by atoms with Crippen LogP contribution in [0.3, 0.4) is 0 Å². The van der Waals surface area contributed by atoms with Crippen molar-refractivity contribution in [3.8, 4) is 11.5 Å². The van der Waals surface area contributed by atoms with Crippen LogP contribution in [0.15, 0.2) is 42.0 Å². The molecular formula is C20H16N2O4S. The molecule has 2 aliphatic rings. The van der Waals surface area contributed by atoms with Gasteiger partial charge in [0.05, 0.1) is 5.69 Å². The number of thiocarbonyl (C=S) groups is 1. The van der Waals surface area contributed by atoms with Crippen LogP contribution in [0.5, 0.6) is 11.5 Å². The summed E-state index contributed by atoms with van der Waals surface area (Å²) in [6, 6.07) is 10.9. The quantitative estimate of drug-likeness (QED) is 0.493. The minimum Gasteiger partial charge on any atom is -0.454 e. The predicted octanol–water partition coefficient (Wildman–Crippen LogP) is 2.86. The normalized spacial score (nSPS) is 17.5. The molecule has 27 heavy (non-hydrogen) atoms. The van der Waals surface area contributed by atoms with E-state index in [1.165, 1.54) is 4.90 Å². The lowest BCUT2D eigenvalue weighted by atomic mass is 10.0. The van der Waals surface area contributed by atoms with Crippen LogP contribution in [-0.4, -0.2) is 23.7 Å². The van der Waals surface area contributed by atoms with E-state index in [9.17, 15) is 9.59 Å². The number of rotatable bonds is 2. The highest BCUT2D eigenvalue weighted by molar-refractivity contribution is 7.80. The average Bonchev–Trinajstić information content (AvgIpc) is 3.07. The third kappa shape index (κ3) is 3.06. The maximum Gasteiger partial charge on any atom is 0.270 e. The Morgan fingerprint density at radius 3 is 2.44 bits per heavy atom. The van der Waals surface area contributed by atoms with Crippen LogP contribution in [0.1, 0.15) is 16.7 Å². The molecule has 0 unspecified atom stereocenters. The molecule has 1 fully saturated rings. The van der Waals surface area contributed by atoms with Gasteiger partial charge in [0.2, 0.25) is 6.79 Å². The molecule has 2 aromatic rings. The van der Waals surface area contributed by atoms with Gasteiger partial charge in [-0.1, -0.05) is 17.7 Å². The first-order chi connectivity index (χ1) is 12.9. The Kier molecular flexibility index (Phi) is 4.16. The standard InChI is InChI=1S/C20H16N2O4S/c1-11-3-5-14(6-4-11)22-19(24)15(18(23)21-20(22)27)8-13-9-17-16(7-12(13)2)25-10-26-17/h3-9H,10H2,1-2H3,(H,21,23,27)/b15-8+. The van der Waals surface area contributed by atoms with Gasteiger partial charge in [-0.15, -0.1) is 0 Å². The number of carbonyl (C=O) groups excluding carboxylic acids is 2. The van der Waals surface area contributed by atoms with E-state index in [-0.39, 0.29) is 17.5 Å². The highest BCUT2D eigenvalue weighted by Gasteiger charge is 2.34. The molecule has 2 amide bonds. The number of nitrogens with zero attached hydrogens (tertiary/aromatic N) is 1. The number of hydrogen-bond acceptors (Lipinski definition) is 5. The summed E-state index contributed by atoms with van der Waals surface area (Å²) in [6.07, 6.45) is 1.55. The SMILES string of the molecule is Cc1ccc(N2C(=O)/C(=C/c3cc4c(cc3C)OCO4)C(=O)NC2=S)cc1. The zero-order valence-electron chi connectivity index (χ0n) is 14.7. The van der Waals surface area contributed by atoms with Gasteiger partial charge in [-0.2, -0.15) is 0 Å². The summed E-state index contributed by atoms with van der Waals surface area (Å²) in [7, 11) is 0. The van der Waals surface area contributed by atoms with Gasteiger partial charge < -0.3 is 9.47 Å². The third-order valence-electron chi connectivity index (χ3n) is 4.45. The summed E-state index contributed by atoms with van der Waals surface area (Å²) >= 11 is 5.21. The van der Waals surface area contributed by atoms with Gasteiger partial charge in [0.15, 0.2) is 16.6 Å². The molecule has 136 valence electrons. The van der Waals surface area contributed by atoms with E-state index in [1.54, 1.807) is 24.3 Å². The van der Waals surface area contributed by atoms with Gasteiger partial charge in [0.1, 0.15) is 5.57 Å². The van der Waals surface area contributed by atoms with Crippen LogP contribution in [0.25, 0.3) is 6.08 Å². The monoisotopic (exact) mass is 380 g/mol. The number of ether oxygens (including phenoxy) is 2. The number of nitrogens with one attached hydrogen (secondary N) is 1. The van der Waals surface area contributed by atoms with Gasteiger partial charge in [0.25, 0.3) is 11.8 Å². The lowest BCUT2D eigenvalue weighted by Gasteiger charge is -2.29. The zero-order chi connectivity index (χ0) is 19.1. The molecule has 0 radical (unpaired) electrons. The number of aryl methyl sites for hydroxylation is 2. The number of benzene rings is 2. The van der Waals surface area contributed by atoms with Crippen molar-refractivity contribution in [2.75, 3.05) is 11.7 Å². The molecule has 2 aliphatic heterocycles. The van der Waals surface area contributed by atoms with Gasteiger partial charge in [0, 0.05) is 0 Å². The molecule has 0 atom stereocenters. The minimum atomic E-state index is -0.523. The first kappa shape index (κ1) is 17.2. The lowest BCUT2D eigenvalue weighted by Crippen LogP contribution is -2.54. The Balaban J connectivity index is 1.75. The summed E-state index contributed by atoms with van der Waals surface area (Å²) in [5.41, 5.74) is 3.23. The van der Waals surface area contributed by atoms with Crippen molar-refractivity contribution in [3.05, 3.63) is 58.7 Å². The maximum atomic E-state index is 13.0. The Morgan fingerprint density at radius 1 is 1.07 bits per heavy atom. The molecule has 0 bridgehead atoms. The minimum absolute atomic E-state index is 0.00569. The summed E-state index contributed by atoms with van der Waals surface area (Å²) in [5.74, 6) is 0.244. The first-order valence-corrected chi connectivity index (χ1v) is 8.73. The Morgan fingerprint density at radius 2 is 1.74 bits per heavy atom. The summed E-state index contributed by atoms with van der Waals surface area (Å²) in [5, 5.41) is 2.65. The van der Waals surface area contributed by atoms with E-state index in [1.807, 2.05) is 32.0 Å². The lowest BCUT2D eigenvalue weighted by molar-refractivity contribution is -0.122. The van der Waals surface area contributed by atoms with Gasteiger partial charge in [-0.25, -0.2) is 0 Å². The number of amides is 2. The second-order valence-corrected chi connectivity index (χ2v) is 6.74. The van der Waals surface area contributed by atoms with Crippen molar-refractivity contribution >= 4 is 40.9 Å². The van der Waals surface area contributed by atoms with Crippen molar-refractivity contribution < 1.29 is 19.1 Å². The van der Waals surface area contributed by atoms with Crippen molar-refractivity contribution in [2.45, 2.75) is 13.8 Å². The van der Waals surface area contributed by atoms with Crippen LogP contribution in [0, 0.1) is 13.8 Å². The van der Waals surface area contributed by atoms with Crippen molar-refractivity contribution in [3.63, 3.8) is 0 Å². The smallest absolute Gasteiger partial charge is 0.270 e. The van der Waals surface area contributed by atoms with Crippen molar-refractivity contribution in [1.82, 2.24) is 5.32 Å². The predicted molar refractivity (Wildman–Crippen MR) is 105 cm³/mol. The molecular weight excluding hydrogens is 364 g/mol. The summed E-state index contributed by atoms with van der Waals surface area (Å²) in [4.78, 5) is 26.8. The fourth-order valence-corrected chi connectivity index (χ4v) is 3.24. The van der Waals surface area contributed by atoms with Crippen molar-refractivity contribution in [2.24, 2.45) is 0 Å². The Bertz CT molecular complexity index is 1010. The third-order valence-corrected chi connectivity index (χ3v) is 4.74. The molecule has 0 aromatic heterocycles. The van der Waals surface area contributed by atoms with E-state index in [4.69, 9.17) is 21.7 Å². The van der Waals surface area contributed by atoms with Crippen LogP contribution >= 0.6 is 12.2 Å². The van der Waals surface area contributed by atoms with E-state index < -0.39 is 11.8 Å². The van der Waals surface area contributed by atoms with Crippen LogP contribution in [-0.2, 0) is 9.59 Å². The van der Waals surface area contributed by atoms with E-state index in [2.05, 4.69) is 5.32 Å². The Hall–Kier alpha value is -3.19.